The molecule has 6 rings (SSSR count). The maximum absolute atomic E-state index is 14.0. The lowest BCUT2D eigenvalue weighted by Gasteiger charge is -2.29. The van der Waals surface area contributed by atoms with Gasteiger partial charge in [0.25, 0.3) is 0 Å². The van der Waals surface area contributed by atoms with Gasteiger partial charge in [-0.1, -0.05) is 78.9 Å². The Kier molecular flexibility index (Phi) is 7.36. The fourth-order valence-electron chi connectivity index (χ4n) is 7.28. The molecule has 2 heterocycles. The minimum Gasteiger partial charge on any atom is -0.351 e. The van der Waals surface area contributed by atoms with Gasteiger partial charge >= 0.3 is 6.18 Å². The second-order valence-corrected chi connectivity index (χ2v) is 11.7. The average Bonchev–Trinajstić information content (AvgIpc) is 3.64. The van der Waals surface area contributed by atoms with E-state index >= 15 is 0 Å². The number of fused-ring (bicyclic) bond motifs is 1. The molecule has 0 radical (unpaired) electrons. The van der Waals surface area contributed by atoms with Crippen molar-refractivity contribution in [2.75, 3.05) is 26.2 Å². The molecule has 3 aliphatic rings. The fraction of sp³-hybridized carbons (Fsp3) is 0.394. The molecule has 0 spiro atoms. The smallest absolute Gasteiger partial charge is 0.351 e. The number of nitrogens with one attached hydrogen (secondary N) is 1. The molecule has 1 N–H and O–H groups in total. The van der Waals surface area contributed by atoms with Crippen molar-refractivity contribution in [2.45, 2.75) is 43.4 Å². The van der Waals surface area contributed by atoms with Crippen molar-refractivity contribution in [1.82, 2.24) is 15.1 Å². The van der Waals surface area contributed by atoms with E-state index in [4.69, 9.17) is 0 Å². The first-order chi connectivity index (χ1) is 19.7. The van der Waals surface area contributed by atoms with Gasteiger partial charge in [0.15, 0.2) is 0 Å². The summed E-state index contributed by atoms with van der Waals surface area (Å²) < 4.78 is 39.4. The van der Waals surface area contributed by atoms with Crippen molar-refractivity contribution in [3.63, 3.8) is 0 Å². The molecule has 41 heavy (non-hydrogen) atoms. The third-order valence-corrected chi connectivity index (χ3v) is 9.22. The zero-order valence-corrected chi connectivity index (χ0v) is 22.8. The van der Waals surface area contributed by atoms with Crippen LogP contribution in [0.15, 0.2) is 84.9 Å². The van der Waals surface area contributed by atoms with Crippen LogP contribution >= 0.6 is 0 Å². The summed E-state index contributed by atoms with van der Waals surface area (Å²) in [7, 11) is 0. The number of carbonyl (C=O) groups excluding carboxylic acids is 2. The zero-order valence-electron chi connectivity index (χ0n) is 22.8. The Morgan fingerprint density at radius 2 is 1.59 bits per heavy atom. The van der Waals surface area contributed by atoms with Gasteiger partial charge in [-0.2, -0.15) is 13.2 Å². The van der Waals surface area contributed by atoms with Crippen LogP contribution in [0.2, 0.25) is 0 Å². The molecule has 3 atom stereocenters. The quantitative estimate of drug-likeness (QED) is 0.429. The lowest BCUT2D eigenvalue weighted by atomic mass is 9.73. The lowest BCUT2D eigenvalue weighted by molar-refractivity contribution is -0.137. The monoisotopic (exact) mass is 561 g/mol. The molecule has 0 bridgehead atoms. The lowest BCUT2D eigenvalue weighted by Crippen LogP contribution is -2.47. The van der Waals surface area contributed by atoms with Gasteiger partial charge in [0.2, 0.25) is 11.8 Å². The molecule has 5 nitrogen and oxygen atoms in total. The van der Waals surface area contributed by atoms with Crippen LogP contribution in [0.4, 0.5) is 13.2 Å². The Labute approximate surface area is 238 Å². The Bertz CT molecular complexity index is 1360. The highest BCUT2D eigenvalue weighted by atomic mass is 19.4. The van der Waals surface area contributed by atoms with E-state index in [1.807, 2.05) is 60.7 Å². The van der Waals surface area contributed by atoms with E-state index in [9.17, 15) is 22.8 Å². The highest BCUT2D eigenvalue weighted by Crippen LogP contribution is 2.42. The minimum absolute atomic E-state index is 0.00437. The van der Waals surface area contributed by atoms with Gasteiger partial charge in [0.05, 0.1) is 12.1 Å². The standard InChI is InChI=1S/C33H34F3N3O2/c34-33(35,36)27-13-7-8-23(18-27)19-38-20-24-14-15-29(28(24)21-38)37-30(40)22-39-17-16-32(31(39)41,25-9-3-1-4-10-25)26-11-5-2-6-12-26/h1-13,18,24,28-29H,14-17,19-22H2,(H,37,40)/t24-,28-,29+/m1/s1. The summed E-state index contributed by atoms with van der Waals surface area (Å²) in [5.41, 5.74) is 1.08. The molecule has 3 aromatic rings. The largest absolute Gasteiger partial charge is 0.416 e. The highest BCUT2D eigenvalue weighted by Gasteiger charge is 2.50. The van der Waals surface area contributed by atoms with E-state index in [0.717, 1.165) is 43.1 Å². The van der Waals surface area contributed by atoms with Crippen molar-refractivity contribution in [3.05, 3.63) is 107 Å². The minimum atomic E-state index is -4.36. The van der Waals surface area contributed by atoms with E-state index in [-0.39, 0.29) is 30.3 Å². The van der Waals surface area contributed by atoms with E-state index in [1.165, 1.54) is 12.1 Å². The summed E-state index contributed by atoms with van der Waals surface area (Å²) in [4.78, 5) is 31.1. The molecule has 1 saturated carbocycles. The predicted molar refractivity (Wildman–Crippen MR) is 150 cm³/mol. The summed E-state index contributed by atoms with van der Waals surface area (Å²) in [5, 5.41) is 3.21. The second kappa shape index (κ2) is 11.0. The normalized spacial score (nSPS) is 24.0. The molecular formula is C33H34F3N3O2. The van der Waals surface area contributed by atoms with Crippen molar-refractivity contribution in [2.24, 2.45) is 11.8 Å². The first kappa shape index (κ1) is 27.5. The van der Waals surface area contributed by atoms with Gasteiger partial charge in [0.1, 0.15) is 5.41 Å². The van der Waals surface area contributed by atoms with Crippen molar-refractivity contribution in [3.8, 4) is 0 Å². The van der Waals surface area contributed by atoms with Crippen LogP contribution in [0, 0.1) is 11.8 Å². The number of carbonyl (C=O) groups is 2. The molecule has 1 aliphatic carbocycles. The first-order valence-electron chi connectivity index (χ1n) is 14.3. The van der Waals surface area contributed by atoms with Crippen molar-refractivity contribution >= 4 is 11.8 Å². The molecule has 3 fully saturated rings. The highest BCUT2D eigenvalue weighted by molar-refractivity contribution is 5.96. The van der Waals surface area contributed by atoms with Crippen LogP contribution in [-0.2, 0) is 27.7 Å². The SMILES string of the molecule is O=C(CN1CCC(c2ccccc2)(c2ccccc2)C1=O)N[C@H]1CC[C@@H]2CN(Cc3cccc(C(F)(F)F)c3)C[C@H]21. The Morgan fingerprint density at radius 3 is 2.24 bits per heavy atom. The van der Waals surface area contributed by atoms with Crippen LogP contribution in [-0.4, -0.2) is 53.8 Å². The molecule has 8 heteroatoms. The molecule has 3 aromatic carbocycles. The zero-order chi connectivity index (χ0) is 28.6. The number of alkyl halides is 3. The molecule has 2 saturated heterocycles. The van der Waals surface area contributed by atoms with Crippen molar-refractivity contribution < 1.29 is 22.8 Å². The van der Waals surface area contributed by atoms with Crippen LogP contribution in [0.25, 0.3) is 0 Å². The average molecular weight is 562 g/mol. The maximum atomic E-state index is 14.0. The maximum Gasteiger partial charge on any atom is 0.416 e. The molecular weight excluding hydrogens is 527 g/mol. The molecule has 2 aliphatic heterocycles. The summed E-state index contributed by atoms with van der Waals surface area (Å²) in [6.07, 6.45) is -1.90. The summed E-state index contributed by atoms with van der Waals surface area (Å²) in [6.45, 7) is 2.52. The van der Waals surface area contributed by atoms with Crippen LogP contribution < -0.4 is 5.32 Å². The summed E-state index contributed by atoms with van der Waals surface area (Å²) >= 11 is 0. The Morgan fingerprint density at radius 1 is 0.902 bits per heavy atom. The van der Waals surface area contributed by atoms with E-state index in [2.05, 4.69) is 10.2 Å². The first-order valence-corrected chi connectivity index (χ1v) is 14.3. The Hall–Kier alpha value is -3.65. The molecule has 2 amide bonds. The summed E-state index contributed by atoms with van der Waals surface area (Å²) in [5.74, 6) is 0.454. The topological polar surface area (TPSA) is 52.7 Å². The van der Waals surface area contributed by atoms with Gasteiger partial charge in [0, 0.05) is 32.2 Å². The third-order valence-electron chi connectivity index (χ3n) is 9.22. The molecule has 0 aromatic heterocycles. The van der Waals surface area contributed by atoms with Crippen LogP contribution in [0.5, 0.6) is 0 Å². The van der Waals surface area contributed by atoms with Crippen LogP contribution in [0.1, 0.15) is 41.5 Å². The Balaban J connectivity index is 1.09. The van der Waals surface area contributed by atoms with Crippen molar-refractivity contribution in [1.29, 1.82) is 0 Å². The van der Waals surface area contributed by atoms with Gasteiger partial charge in [-0.15, -0.1) is 0 Å². The number of hydrogen-bond acceptors (Lipinski definition) is 3. The van der Waals surface area contributed by atoms with Gasteiger partial charge in [-0.05, 0) is 53.9 Å². The van der Waals surface area contributed by atoms with E-state index < -0.39 is 17.2 Å². The van der Waals surface area contributed by atoms with Gasteiger partial charge in [-0.25, -0.2) is 0 Å². The number of likely N-dealkylation sites (tertiary alicyclic amines) is 2. The molecule has 214 valence electrons. The van der Waals surface area contributed by atoms with E-state index in [0.29, 0.717) is 31.0 Å². The van der Waals surface area contributed by atoms with Gasteiger partial charge < -0.3 is 10.2 Å². The van der Waals surface area contributed by atoms with E-state index in [1.54, 1.807) is 11.0 Å². The molecule has 0 unspecified atom stereocenters. The summed E-state index contributed by atoms with van der Waals surface area (Å²) in [6, 6.07) is 25.1. The number of hydrogen-bond donors (Lipinski definition) is 1. The predicted octanol–water partition coefficient (Wildman–Crippen LogP) is 5.25. The number of nitrogens with zero attached hydrogens (tertiary/aromatic N) is 2. The van der Waals surface area contributed by atoms with Crippen LogP contribution in [0.3, 0.4) is 0 Å². The number of halogens is 3. The fourth-order valence-corrected chi connectivity index (χ4v) is 7.28. The third kappa shape index (κ3) is 5.37. The van der Waals surface area contributed by atoms with Gasteiger partial charge in [-0.3, -0.25) is 14.5 Å². The number of benzene rings is 3. The second-order valence-electron chi connectivity index (χ2n) is 11.7. The number of amides is 2. The number of rotatable bonds is 7.